The van der Waals surface area contributed by atoms with Crippen molar-refractivity contribution in [1.29, 1.82) is 0 Å². The van der Waals surface area contributed by atoms with Crippen LogP contribution in [0.5, 0.6) is 0 Å². The highest BCUT2D eigenvalue weighted by Crippen LogP contribution is 2.40. The van der Waals surface area contributed by atoms with E-state index in [-0.39, 0.29) is 17.9 Å². The van der Waals surface area contributed by atoms with Crippen molar-refractivity contribution in [1.82, 2.24) is 15.2 Å². The van der Waals surface area contributed by atoms with Crippen LogP contribution in [-0.4, -0.2) is 46.6 Å². The van der Waals surface area contributed by atoms with Crippen molar-refractivity contribution >= 4 is 5.91 Å². The van der Waals surface area contributed by atoms with Gasteiger partial charge in [-0.15, -0.1) is 0 Å². The number of hydrogen-bond acceptors (Lipinski definition) is 3. The first-order valence-electron chi connectivity index (χ1n) is 10.5. The Morgan fingerprint density at radius 3 is 2.59 bits per heavy atom. The number of piperidine rings is 1. The molecule has 27 heavy (non-hydrogen) atoms. The van der Waals surface area contributed by atoms with Crippen molar-refractivity contribution in [2.75, 3.05) is 19.6 Å². The second-order valence-electron chi connectivity index (χ2n) is 8.49. The lowest BCUT2D eigenvalue weighted by Crippen LogP contribution is -2.54. The molecule has 2 aliphatic rings. The highest BCUT2D eigenvalue weighted by molar-refractivity contribution is 5.86. The number of hydrogen-bond donors (Lipinski definition) is 3. The first-order chi connectivity index (χ1) is 13.0. The summed E-state index contributed by atoms with van der Waals surface area (Å²) >= 11 is 0. The number of aromatic nitrogens is 1. The van der Waals surface area contributed by atoms with Gasteiger partial charge in [-0.1, -0.05) is 24.5 Å². The Labute approximate surface area is 163 Å². The van der Waals surface area contributed by atoms with E-state index in [9.17, 15) is 9.90 Å². The summed E-state index contributed by atoms with van der Waals surface area (Å²) in [7, 11) is 0. The van der Waals surface area contributed by atoms with Gasteiger partial charge in [0.2, 0.25) is 0 Å². The number of nitrogens with one attached hydrogen (secondary N) is 2. The van der Waals surface area contributed by atoms with E-state index in [1.165, 1.54) is 5.57 Å². The normalized spacial score (nSPS) is 21.7. The van der Waals surface area contributed by atoms with Crippen LogP contribution in [0.1, 0.15) is 64.5 Å². The molecule has 0 radical (unpaired) electrons. The highest BCUT2D eigenvalue weighted by atomic mass is 16.3. The molecule has 5 heteroatoms. The lowest BCUT2D eigenvalue weighted by Gasteiger charge is -2.36. The summed E-state index contributed by atoms with van der Waals surface area (Å²) in [5.74, 6) is -0.222. The van der Waals surface area contributed by atoms with Crippen LogP contribution >= 0.6 is 0 Å². The molecule has 2 fully saturated rings. The first-order valence-corrected chi connectivity index (χ1v) is 10.5. The van der Waals surface area contributed by atoms with Crippen LogP contribution < -0.4 is 5.32 Å². The standard InChI is InChI=1S/C22H35N3O2/c1-17(2)7-6-14-25-15-11-19(12-16-25)24-21(26)22(27,18-8-3-4-9-18)20-10-5-13-23-20/h5,7,10,13,18-19,23,27H,3-4,6,8-9,11-12,14-16H2,1-2H3,(H,24,26). The molecule has 3 rings (SSSR count). The van der Waals surface area contributed by atoms with Crippen LogP contribution in [0.25, 0.3) is 0 Å². The maximum Gasteiger partial charge on any atom is 0.258 e. The molecule has 1 aliphatic carbocycles. The summed E-state index contributed by atoms with van der Waals surface area (Å²) < 4.78 is 0. The van der Waals surface area contributed by atoms with Gasteiger partial charge in [-0.2, -0.15) is 0 Å². The Hall–Kier alpha value is -1.59. The molecule has 1 unspecified atom stereocenters. The number of amides is 1. The van der Waals surface area contributed by atoms with Gasteiger partial charge in [0.1, 0.15) is 0 Å². The molecule has 150 valence electrons. The Kier molecular flexibility index (Phi) is 6.77. The minimum atomic E-state index is -1.43. The Morgan fingerprint density at radius 1 is 1.30 bits per heavy atom. The molecule has 1 atom stereocenters. The predicted octanol–water partition coefficient (Wildman–Crippen LogP) is 3.33. The van der Waals surface area contributed by atoms with Crippen LogP contribution in [0.15, 0.2) is 30.0 Å². The number of aromatic amines is 1. The van der Waals surface area contributed by atoms with Gasteiger partial charge in [-0.05, 0) is 58.1 Å². The van der Waals surface area contributed by atoms with Crippen molar-refractivity contribution in [2.24, 2.45) is 5.92 Å². The van der Waals surface area contributed by atoms with E-state index in [2.05, 4.69) is 35.1 Å². The summed E-state index contributed by atoms with van der Waals surface area (Å²) in [5, 5.41) is 14.6. The van der Waals surface area contributed by atoms with Crippen LogP contribution in [0.3, 0.4) is 0 Å². The number of carbonyl (C=O) groups is 1. The molecule has 2 heterocycles. The van der Waals surface area contributed by atoms with Gasteiger partial charge in [0.15, 0.2) is 5.60 Å². The van der Waals surface area contributed by atoms with Crippen LogP contribution in [0, 0.1) is 5.92 Å². The van der Waals surface area contributed by atoms with Crippen LogP contribution in [0.2, 0.25) is 0 Å². The molecule has 0 aromatic carbocycles. The smallest absolute Gasteiger partial charge is 0.258 e. The topological polar surface area (TPSA) is 68.4 Å². The van der Waals surface area contributed by atoms with Gasteiger partial charge in [0, 0.05) is 37.8 Å². The van der Waals surface area contributed by atoms with E-state index in [1.54, 1.807) is 6.20 Å². The van der Waals surface area contributed by atoms with Crippen molar-refractivity contribution in [3.8, 4) is 0 Å². The summed E-state index contributed by atoms with van der Waals surface area (Å²) in [6.45, 7) is 7.37. The average Bonchev–Trinajstić information content (AvgIpc) is 3.36. The largest absolute Gasteiger partial charge is 0.374 e. The fourth-order valence-corrected chi connectivity index (χ4v) is 4.57. The average molecular weight is 374 g/mol. The fraction of sp³-hybridized carbons (Fsp3) is 0.682. The molecule has 5 nitrogen and oxygen atoms in total. The molecule has 3 N–H and O–H groups in total. The summed E-state index contributed by atoms with van der Waals surface area (Å²) in [6.07, 6.45) is 11.1. The van der Waals surface area contributed by atoms with Gasteiger partial charge in [0.05, 0.1) is 5.69 Å². The maximum atomic E-state index is 13.1. The lowest BCUT2D eigenvalue weighted by atomic mass is 9.82. The van der Waals surface area contributed by atoms with E-state index in [0.29, 0.717) is 5.69 Å². The number of nitrogens with zero attached hydrogens (tertiary/aromatic N) is 1. The minimum Gasteiger partial charge on any atom is -0.374 e. The first kappa shape index (κ1) is 20.2. The van der Waals surface area contributed by atoms with E-state index in [4.69, 9.17) is 0 Å². The molecule has 0 bridgehead atoms. The Bertz CT molecular complexity index is 622. The maximum absolute atomic E-state index is 13.1. The Morgan fingerprint density at radius 2 is 2.00 bits per heavy atom. The molecule has 1 saturated carbocycles. The van der Waals surface area contributed by atoms with Crippen molar-refractivity contribution < 1.29 is 9.90 Å². The third-order valence-corrected chi connectivity index (χ3v) is 6.22. The highest BCUT2D eigenvalue weighted by Gasteiger charge is 2.47. The molecule has 1 saturated heterocycles. The zero-order valence-corrected chi connectivity index (χ0v) is 16.8. The van der Waals surface area contributed by atoms with E-state index >= 15 is 0 Å². The summed E-state index contributed by atoms with van der Waals surface area (Å²) in [5.41, 5.74) is 0.569. The van der Waals surface area contributed by atoms with E-state index in [0.717, 1.165) is 64.6 Å². The zero-order valence-electron chi connectivity index (χ0n) is 16.8. The van der Waals surface area contributed by atoms with Crippen molar-refractivity contribution in [3.63, 3.8) is 0 Å². The van der Waals surface area contributed by atoms with Crippen LogP contribution in [-0.2, 0) is 10.4 Å². The number of aliphatic hydroxyl groups is 1. The number of H-pyrrole nitrogens is 1. The van der Waals surface area contributed by atoms with Crippen molar-refractivity contribution in [3.05, 3.63) is 35.7 Å². The van der Waals surface area contributed by atoms with E-state index < -0.39 is 5.60 Å². The van der Waals surface area contributed by atoms with Gasteiger partial charge >= 0.3 is 0 Å². The zero-order chi connectivity index (χ0) is 19.3. The van der Waals surface area contributed by atoms with Gasteiger partial charge in [-0.3, -0.25) is 4.79 Å². The van der Waals surface area contributed by atoms with Crippen LogP contribution in [0.4, 0.5) is 0 Å². The van der Waals surface area contributed by atoms with Gasteiger partial charge < -0.3 is 20.3 Å². The molecular weight excluding hydrogens is 338 g/mol. The third-order valence-electron chi connectivity index (χ3n) is 6.22. The quantitative estimate of drug-likeness (QED) is 0.642. The minimum absolute atomic E-state index is 0.000287. The fourth-order valence-electron chi connectivity index (χ4n) is 4.57. The molecular formula is C22H35N3O2. The SMILES string of the molecule is CC(C)=CCCN1CCC(NC(=O)C(O)(c2ccc[nH]2)C2CCCC2)CC1. The summed E-state index contributed by atoms with van der Waals surface area (Å²) in [4.78, 5) is 18.7. The number of rotatable bonds is 7. The Balaban J connectivity index is 1.56. The van der Waals surface area contributed by atoms with Gasteiger partial charge in [0.25, 0.3) is 5.91 Å². The summed E-state index contributed by atoms with van der Waals surface area (Å²) in [6, 6.07) is 3.84. The van der Waals surface area contributed by atoms with Gasteiger partial charge in [-0.25, -0.2) is 0 Å². The monoisotopic (exact) mass is 373 g/mol. The van der Waals surface area contributed by atoms with Crippen molar-refractivity contribution in [2.45, 2.75) is 70.4 Å². The number of carbonyl (C=O) groups excluding carboxylic acids is 1. The number of likely N-dealkylation sites (tertiary alicyclic amines) is 1. The molecule has 1 amide bonds. The molecule has 0 spiro atoms. The molecule has 1 aromatic heterocycles. The second-order valence-corrected chi connectivity index (χ2v) is 8.49. The molecule has 1 aliphatic heterocycles. The second kappa shape index (κ2) is 9.07. The van der Waals surface area contributed by atoms with E-state index in [1.807, 2.05) is 12.1 Å². The number of allylic oxidation sites excluding steroid dienone is 1. The molecule has 1 aromatic rings. The third kappa shape index (κ3) is 4.82. The predicted molar refractivity (Wildman–Crippen MR) is 108 cm³/mol. The lowest BCUT2D eigenvalue weighted by molar-refractivity contribution is -0.149.